The third-order valence-corrected chi connectivity index (χ3v) is 3.18. The van der Waals surface area contributed by atoms with E-state index in [-0.39, 0.29) is 18.4 Å². The maximum Gasteiger partial charge on any atom is 0.258 e. The molecule has 0 saturated heterocycles. The van der Waals surface area contributed by atoms with Crippen molar-refractivity contribution < 1.29 is 18.7 Å². The second-order valence-corrected chi connectivity index (χ2v) is 6.38. The summed E-state index contributed by atoms with van der Waals surface area (Å²) < 4.78 is 10.6. The Kier molecular flexibility index (Phi) is 5.63. The van der Waals surface area contributed by atoms with Gasteiger partial charge in [0.1, 0.15) is 11.5 Å². The molecule has 128 valence electrons. The molecule has 0 saturated carbocycles. The van der Waals surface area contributed by atoms with E-state index >= 15 is 0 Å². The molecule has 0 fully saturated rings. The number of hydrogen-bond acceptors (Lipinski definition) is 4. The lowest BCUT2D eigenvalue weighted by atomic mass is 9.95. The van der Waals surface area contributed by atoms with Crippen LogP contribution in [0.3, 0.4) is 0 Å². The van der Waals surface area contributed by atoms with Crippen molar-refractivity contribution in [1.82, 2.24) is 5.32 Å². The van der Waals surface area contributed by atoms with Gasteiger partial charge in [-0.3, -0.25) is 9.59 Å². The Bertz CT molecular complexity index is 687. The molecule has 2 rings (SSSR count). The zero-order valence-corrected chi connectivity index (χ0v) is 14.1. The van der Waals surface area contributed by atoms with Gasteiger partial charge in [-0.1, -0.05) is 26.8 Å². The van der Waals surface area contributed by atoms with Crippen LogP contribution in [-0.4, -0.2) is 18.4 Å². The van der Waals surface area contributed by atoms with Crippen molar-refractivity contribution in [2.75, 3.05) is 11.9 Å². The van der Waals surface area contributed by atoms with Crippen LogP contribution in [0.1, 0.15) is 26.5 Å². The van der Waals surface area contributed by atoms with E-state index in [2.05, 4.69) is 10.6 Å². The van der Waals surface area contributed by atoms with Gasteiger partial charge in [0.15, 0.2) is 6.61 Å². The summed E-state index contributed by atoms with van der Waals surface area (Å²) in [5.74, 6) is 0.844. The van der Waals surface area contributed by atoms with Crippen molar-refractivity contribution in [2.24, 2.45) is 5.41 Å². The van der Waals surface area contributed by atoms with Gasteiger partial charge in [0, 0.05) is 17.2 Å². The quantitative estimate of drug-likeness (QED) is 0.853. The van der Waals surface area contributed by atoms with E-state index in [1.807, 2.05) is 20.8 Å². The minimum Gasteiger partial charge on any atom is -0.484 e. The fourth-order valence-electron chi connectivity index (χ4n) is 1.78. The first-order valence-corrected chi connectivity index (χ1v) is 7.68. The molecule has 0 aliphatic heterocycles. The predicted molar refractivity (Wildman–Crippen MR) is 90.6 cm³/mol. The monoisotopic (exact) mass is 330 g/mol. The van der Waals surface area contributed by atoms with E-state index in [1.165, 1.54) is 0 Å². The molecule has 0 aliphatic rings. The first-order valence-electron chi connectivity index (χ1n) is 7.68. The van der Waals surface area contributed by atoms with Crippen LogP contribution in [0.15, 0.2) is 47.1 Å². The predicted octanol–water partition coefficient (Wildman–Crippen LogP) is 2.96. The smallest absolute Gasteiger partial charge is 0.258 e. The van der Waals surface area contributed by atoms with E-state index in [1.54, 1.807) is 42.7 Å². The normalized spacial score (nSPS) is 11.0. The maximum atomic E-state index is 12.0. The molecule has 0 radical (unpaired) electrons. The van der Waals surface area contributed by atoms with Gasteiger partial charge >= 0.3 is 0 Å². The van der Waals surface area contributed by atoms with E-state index in [0.717, 1.165) is 0 Å². The first kappa shape index (κ1) is 17.6. The number of rotatable bonds is 6. The average Bonchev–Trinajstić information content (AvgIpc) is 3.04. The summed E-state index contributed by atoms with van der Waals surface area (Å²) in [6, 6.07) is 10.5. The summed E-state index contributed by atoms with van der Waals surface area (Å²) in [6.45, 7) is 5.72. The molecule has 0 bridgehead atoms. The molecule has 2 amide bonds. The third-order valence-electron chi connectivity index (χ3n) is 3.18. The number of ether oxygens (including phenoxy) is 1. The highest BCUT2D eigenvalue weighted by Crippen LogP contribution is 2.21. The van der Waals surface area contributed by atoms with E-state index in [0.29, 0.717) is 23.7 Å². The molecule has 6 nitrogen and oxygen atoms in total. The van der Waals surface area contributed by atoms with Crippen LogP contribution < -0.4 is 15.4 Å². The highest BCUT2D eigenvalue weighted by molar-refractivity contribution is 5.94. The van der Waals surface area contributed by atoms with Crippen LogP contribution in [0.2, 0.25) is 0 Å². The van der Waals surface area contributed by atoms with Crippen LogP contribution in [-0.2, 0) is 16.1 Å². The molecule has 1 aromatic carbocycles. The molecule has 0 atom stereocenters. The average molecular weight is 330 g/mol. The Morgan fingerprint density at radius 1 is 1.17 bits per heavy atom. The zero-order valence-electron chi connectivity index (χ0n) is 14.1. The largest absolute Gasteiger partial charge is 0.484 e. The second kappa shape index (κ2) is 7.68. The van der Waals surface area contributed by atoms with Crippen LogP contribution >= 0.6 is 0 Å². The van der Waals surface area contributed by atoms with Gasteiger partial charge in [-0.25, -0.2) is 0 Å². The second-order valence-electron chi connectivity index (χ2n) is 6.38. The van der Waals surface area contributed by atoms with Crippen LogP contribution in [0.4, 0.5) is 5.69 Å². The molecule has 0 aliphatic carbocycles. The maximum absolute atomic E-state index is 12.0. The molecule has 6 heteroatoms. The summed E-state index contributed by atoms with van der Waals surface area (Å²) >= 11 is 0. The zero-order chi connectivity index (χ0) is 17.6. The SMILES string of the molecule is CC(C)(C)C(=O)Nc1cccc(OCC(=O)NCc2ccco2)c1. The Labute approximate surface area is 141 Å². The minimum absolute atomic E-state index is 0.0872. The topological polar surface area (TPSA) is 80.6 Å². The van der Waals surface area contributed by atoms with Crippen molar-refractivity contribution in [3.05, 3.63) is 48.4 Å². The van der Waals surface area contributed by atoms with Crippen molar-refractivity contribution in [3.63, 3.8) is 0 Å². The van der Waals surface area contributed by atoms with Crippen LogP contribution in [0, 0.1) is 5.41 Å². The van der Waals surface area contributed by atoms with Gasteiger partial charge in [-0.15, -0.1) is 0 Å². The summed E-state index contributed by atoms with van der Waals surface area (Å²) in [4.78, 5) is 23.7. The molecule has 2 aromatic rings. The standard InChI is InChI=1S/C18H22N2O4/c1-18(2,3)17(22)20-13-6-4-7-14(10-13)24-12-16(21)19-11-15-8-5-9-23-15/h4-10H,11-12H2,1-3H3,(H,19,21)(H,20,22). The van der Waals surface area contributed by atoms with Crippen LogP contribution in [0.25, 0.3) is 0 Å². The lowest BCUT2D eigenvalue weighted by Gasteiger charge is -2.18. The fourth-order valence-corrected chi connectivity index (χ4v) is 1.78. The van der Waals surface area contributed by atoms with Gasteiger partial charge in [0.05, 0.1) is 12.8 Å². The minimum atomic E-state index is -0.484. The van der Waals surface area contributed by atoms with E-state index < -0.39 is 5.41 Å². The highest BCUT2D eigenvalue weighted by atomic mass is 16.5. The highest BCUT2D eigenvalue weighted by Gasteiger charge is 2.21. The molecule has 1 heterocycles. The number of nitrogens with one attached hydrogen (secondary N) is 2. The van der Waals surface area contributed by atoms with Gasteiger partial charge < -0.3 is 19.8 Å². The number of hydrogen-bond donors (Lipinski definition) is 2. The molecule has 24 heavy (non-hydrogen) atoms. The number of carbonyl (C=O) groups excluding carboxylic acids is 2. The van der Waals surface area contributed by atoms with E-state index in [4.69, 9.17) is 9.15 Å². The molecular formula is C18H22N2O4. The third kappa shape index (κ3) is 5.46. The van der Waals surface area contributed by atoms with Crippen molar-refractivity contribution >= 4 is 17.5 Å². The van der Waals surface area contributed by atoms with Gasteiger partial charge in [0.2, 0.25) is 5.91 Å². The van der Waals surface area contributed by atoms with E-state index in [9.17, 15) is 9.59 Å². The Hall–Kier alpha value is -2.76. The molecular weight excluding hydrogens is 308 g/mol. The Balaban J connectivity index is 1.83. The van der Waals surface area contributed by atoms with Crippen molar-refractivity contribution in [3.8, 4) is 5.75 Å². The first-order chi connectivity index (χ1) is 11.3. The van der Waals surface area contributed by atoms with Gasteiger partial charge in [0.25, 0.3) is 5.91 Å². The fraction of sp³-hybridized carbons (Fsp3) is 0.333. The number of amides is 2. The molecule has 1 aromatic heterocycles. The van der Waals surface area contributed by atoms with Crippen molar-refractivity contribution in [1.29, 1.82) is 0 Å². The lowest BCUT2D eigenvalue weighted by Crippen LogP contribution is -2.28. The summed E-state index contributed by atoms with van der Waals surface area (Å²) in [5, 5.41) is 5.52. The summed E-state index contributed by atoms with van der Waals surface area (Å²) in [6.07, 6.45) is 1.55. The van der Waals surface area contributed by atoms with Crippen molar-refractivity contribution in [2.45, 2.75) is 27.3 Å². The number of furan rings is 1. The Morgan fingerprint density at radius 3 is 2.62 bits per heavy atom. The molecule has 0 spiro atoms. The van der Waals surface area contributed by atoms with Gasteiger partial charge in [-0.2, -0.15) is 0 Å². The van der Waals surface area contributed by atoms with Crippen LogP contribution in [0.5, 0.6) is 5.75 Å². The van der Waals surface area contributed by atoms with Gasteiger partial charge in [-0.05, 0) is 24.3 Å². The Morgan fingerprint density at radius 2 is 1.96 bits per heavy atom. The summed E-state index contributed by atoms with van der Waals surface area (Å²) in [7, 11) is 0. The number of benzene rings is 1. The number of anilines is 1. The lowest BCUT2D eigenvalue weighted by molar-refractivity contribution is -0.124. The molecule has 0 unspecified atom stereocenters. The number of carbonyl (C=O) groups is 2. The summed E-state index contributed by atoms with van der Waals surface area (Å²) in [5.41, 5.74) is 0.145. The molecule has 2 N–H and O–H groups in total.